The van der Waals surface area contributed by atoms with E-state index >= 15 is 0 Å². The maximum atomic E-state index is 15.0. The van der Waals surface area contributed by atoms with Crippen LogP contribution in [0.4, 0.5) is 0 Å². The third-order valence-electron chi connectivity index (χ3n) is 12.6. The Hall–Kier alpha value is -5.90. The summed E-state index contributed by atoms with van der Waals surface area (Å²) >= 11 is 0. The summed E-state index contributed by atoms with van der Waals surface area (Å²) in [6, 6.07) is -11.2. The van der Waals surface area contributed by atoms with E-state index in [9.17, 15) is 93.9 Å². The molecular formula is C45H75N9O26. The van der Waals surface area contributed by atoms with Gasteiger partial charge in [-0.1, -0.05) is 0 Å². The van der Waals surface area contributed by atoms with Crippen LogP contribution in [-0.4, -0.2) is 278 Å². The van der Waals surface area contributed by atoms with E-state index in [0.717, 1.165) is 48.5 Å². The Morgan fingerprint density at radius 2 is 0.775 bits per heavy atom. The van der Waals surface area contributed by atoms with E-state index in [1.54, 1.807) is 0 Å². The van der Waals surface area contributed by atoms with Crippen LogP contribution in [0.2, 0.25) is 0 Å². The maximum absolute atomic E-state index is 15.0. The molecule has 3 heterocycles. The molecule has 35 nitrogen and oxygen atoms in total. The number of aliphatic hydroxyl groups excluding tert-OH is 9. The number of hydrogen-bond donors (Lipinski definition) is 19. The first-order valence-electron chi connectivity index (χ1n) is 25.0. The predicted molar refractivity (Wildman–Crippen MR) is 260 cm³/mol. The van der Waals surface area contributed by atoms with Gasteiger partial charge in [0, 0.05) is 40.7 Å². The van der Waals surface area contributed by atoms with E-state index in [-0.39, 0.29) is 0 Å². The number of carbonyl (C=O) groups is 10. The molecule has 0 aromatic heterocycles. The average Bonchev–Trinajstić information content (AvgIpc) is 3.38. The molecular weight excluding hydrogens is 1080 g/mol. The van der Waals surface area contributed by atoms with Crippen molar-refractivity contribution in [3.63, 3.8) is 0 Å². The number of hydrogen-bond acceptors (Lipinski definition) is 25. The summed E-state index contributed by atoms with van der Waals surface area (Å²) in [4.78, 5) is 129. The first kappa shape index (κ1) is 68.4. The molecule has 3 aliphatic heterocycles. The molecule has 0 aromatic carbocycles. The summed E-state index contributed by atoms with van der Waals surface area (Å²) in [6.07, 6.45) is -27.2. The molecule has 3 aliphatic rings. The smallest absolute Gasteiger partial charge is 0.322 e. The normalized spacial score (nSPS) is 30.7. The molecule has 35 heteroatoms. The number of carboxylic acids is 1. The fourth-order valence-electron chi connectivity index (χ4n) is 8.41. The molecule has 19 N–H and O–H groups in total. The largest absolute Gasteiger partial charge is 0.480 e. The third kappa shape index (κ3) is 19.7. The minimum Gasteiger partial charge on any atom is -0.480 e. The summed E-state index contributed by atoms with van der Waals surface area (Å²) < 4.78 is 35.0. The summed E-state index contributed by atoms with van der Waals surface area (Å²) in [6.45, 7) is 2.66. The number of aliphatic hydroxyl groups is 9. The van der Waals surface area contributed by atoms with E-state index in [2.05, 4.69) is 47.9 Å². The number of carboxylic acid groups (broad SMARTS) is 1. The number of carbonyl (C=O) groups excluding carboxylic acids is 9. The molecule has 456 valence electrons. The topological polar surface area (TPSA) is 537 Å². The van der Waals surface area contributed by atoms with Crippen LogP contribution >= 0.6 is 0 Å². The highest BCUT2D eigenvalue weighted by Crippen LogP contribution is 2.27. The lowest BCUT2D eigenvalue weighted by atomic mass is 9.96. The number of rotatable bonds is 28. The highest BCUT2D eigenvalue weighted by Gasteiger charge is 2.51. The van der Waals surface area contributed by atoms with E-state index in [1.165, 1.54) is 0 Å². The zero-order valence-electron chi connectivity index (χ0n) is 44.6. The van der Waals surface area contributed by atoms with Crippen molar-refractivity contribution in [3.05, 3.63) is 0 Å². The lowest BCUT2D eigenvalue weighted by Gasteiger charge is -2.44. The van der Waals surface area contributed by atoms with E-state index in [0.29, 0.717) is 0 Å². The van der Waals surface area contributed by atoms with Crippen molar-refractivity contribution in [2.75, 3.05) is 39.5 Å². The Morgan fingerprint density at radius 1 is 0.438 bits per heavy atom. The number of amides is 9. The molecule has 3 rings (SSSR count). The quantitative estimate of drug-likeness (QED) is 0.0346. The van der Waals surface area contributed by atoms with Crippen molar-refractivity contribution in [3.8, 4) is 0 Å². The van der Waals surface area contributed by atoms with Gasteiger partial charge in [-0.05, 0) is 20.8 Å². The fourth-order valence-corrected chi connectivity index (χ4v) is 8.41. The Balaban J connectivity index is 2.21. The fraction of sp³-hybridized carbons (Fsp3) is 0.778. The Kier molecular flexibility index (Phi) is 27.3. The van der Waals surface area contributed by atoms with E-state index in [4.69, 9.17) is 33.5 Å². The molecule has 21 atom stereocenters. The molecule has 0 spiro atoms. The van der Waals surface area contributed by atoms with Gasteiger partial charge >= 0.3 is 5.97 Å². The second-order valence-corrected chi connectivity index (χ2v) is 19.0. The van der Waals surface area contributed by atoms with Gasteiger partial charge in [-0.2, -0.15) is 0 Å². The lowest BCUT2D eigenvalue weighted by Crippen LogP contribution is -2.68. The van der Waals surface area contributed by atoms with Gasteiger partial charge in [0.15, 0.2) is 18.9 Å². The van der Waals surface area contributed by atoms with Gasteiger partial charge in [0.05, 0.1) is 44.7 Å². The SMILES string of the molecule is CC(=O)NCC(=O)N[C@H](C(=O)N[C@H](C(=O)N[C@H](C(=O)NCCC(=O)NCC(=O)O)[C@@H](C)O[C@H]1O[C@H](CO)[C@H](O)[C@H](O)[C@H]1NC(C)=O)[C@@H](C)O[C@H]1O[C@H](CO)[C@H](O)[C@H](O)[C@H]1NC(C)=O)[C@@H](C)O[C@H]1O[C@H](CO)[C@H](O)[C@H](O)[C@H]1NC(C)=O. The molecule has 0 aromatic rings. The molecule has 3 fully saturated rings. The van der Waals surface area contributed by atoms with Crippen molar-refractivity contribution < 1.29 is 127 Å². The molecule has 0 aliphatic carbocycles. The van der Waals surface area contributed by atoms with Crippen LogP contribution < -0.4 is 47.9 Å². The number of aliphatic carboxylic acids is 1. The van der Waals surface area contributed by atoms with Crippen LogP contribution in [-0.2, 0) is 76.4 Å². The van der Waals surface area contributed by atoms with Crippen LogP contribution in [0.5, 0.6) is 0 Å². The average molecular weight is 1160 g/mol. The van der Waals surface area contributed by atoms with Crippen LogP contribution in [0.25, 0.3) is 0 Å². The molecule has 80 heavy (non-hydrogen) atoms. The standard InChI is InChI=1S/C45H75N9O26/c1-15(75-43-31(49-19(5)59)37(69)34(66)22(12-55)78-43)28(40(72)46-9-8-25(62)48-11-27(64)65)53-42(74)30(17(3)77-45-33(51-21(7)61)39(71)36(68)24(14-57)80-45)54-41(73)29(52-26(63)10-47-18(4)58)16(2)76-44-32(50-20(6)60)38(70)35(67)23(13-56)79-44/h15-17,22-24,28-39,43-45,55-57,66-71H,8-14H2,1-7H3,(H,46,72)(H,47,58)(H,48,62)(H,49,59)(H,50,60)(H,51,61)(H,52,63)(H,53,74)(H,54,73)(H,64,65)/t15-,16-,17-,22-,23-,24-,28+,29+,30+,31-,32-,33-,34+,35+,36+,37-,38-,39-,43+,44+,45+/m1/s1. The van der Waals surface area contributed by atoms with Crippen LogP contribution in [0.3, 0.4) is 0 Å². The van der Waals surface area contributed by atoms with Gasteiger partial charge in [0.25, 0.3) is 0 Å². The Bertz CT molecular complexity index is 2150. The minimum absolute atomic E-state index is 0.543. The van der Waals surface area contributed by atoms with Crippen molar-refractivity contribution in [2.45, 2.75) is 183 Å². The van der Waals surface area contributed by atoms with Crippen molar-refractivity contribution in [2.24, 2.45) is 0 Å². The van der Waals surface area contributed by atoms with Gasteiger partial charge in [-0.15, -0.1) is 0 Å². The second kappa shape index (κ2) is 31.9. The van der Waals surface area contributed by atoms with Crippen LogP contribution in [0.1, 0.15) is 54.9 Å². The Morgan fingerprint density at radius 3 is 1.09 bits per heavy atom. The molecule has 0 saturated carbocycles. The molecule has 3 saturated heterocycles. The van der Waals surface area contributed by atoms with Gasteiger partial charge < -0.3 is 127 Å². The first-order valence-corrected chi connectivity index (χ1v) is 25.0. The summed E-state index contributed by atoms with van der Waals surface area (Å²) in [5.74, 6) is -10.4. The van der Waals surface area contributed by atoms with Crippen molar-refractivity contribution >= 4 is 59.1 Å². The molecule has 0 unspecified atom stereocenters. The summed E-state index contributed by atoms with van der Waals surface area (Å²) in [5.41, 5.74) is 0. The Labute approximate surface area is 456 Å². The zero-order chi connectivity index (χ0) is 60.5. The van der Waals surface area contributed by atoms with Crippen LogP contribution in [0.15, 0.2) is 0 Å². The second-order valence-electron chi connectivity index (χ2n) is 19.0. The van der Waals surface area contributed by atoms with Gasteiger partial charge in [0.2, 0.25) is 53.2 Å². The zero-order valence-corrected chi connectivity index (χ0v) is 44.6. The number of ether oxygens (including phenoxy) is 6. The van der Waals surface area contributed by atoms with Crippen LogP contribution in [0, 0.1) is 0 Å². The van der Waals surface area contributed by atoms with Gasteiger partial charge in [-0.3, -0.25) is 47.9 Å². The van der Waals surface area contributed by atoms with Gasteiger partial charge in [0.1, 0.15) is 97.7 Å². The van der Waals surface area contributed by atoms with Gasteiger partial charge in [-0.25, -0.2) is 0 Å². The number of nitrogens with one attached hydrogen (secondary N) is 9. The van der Waals surface area contributed by atoms with Crippen molar-refractivity contribution in [1.82, 2.24) is 47.9 Å². The summed E-state index contributed by atoms with van der Waals surface area (Å²) in [5, 5.41) is 124. The highest BCUT2D eigenvalue weighted by molar-refractivity contribution is 5.95. The minimum atomic E-state index is -2.20. The monoisotopic (exact) mass is 1160 g/mol. The molecule has 0 bridgehead atoms. The highest BCUT2D eigenvalue weighted by atomic mass is 16.7. The lowest BCUT2D eigenvalue weighted by molar-refractivity contribution is -0.283. The van der Waals surface area contributed by atoms with Crippen molar-refractivity contribution in [1.29, 1.82) is 0 Å². The van der Waals surface area contributed by atoms with E-state index in [1.807, 2.05) is 0 Å². The predicted octanol–water partition coefficient (Wildman–Crippen LogP) is -11.7. The summed E-state index contributed by atoms with van der Waals surface area (Å²) in [7, 11) is 0. The molecule has 9 amide bonds. The maximum Gasteiger partial charge on any atom is 0.322 e. The first-order chi connectivity index (χ1) is 37.4. The third-order valence-corrected chi connectivity index (χ3v) is 12.6. The van der Waals surface area contributed by atoms with E-state index < -0.39 is 233 Å². The molecule has 0 radical (unpaired) electrons.